The van der Waals surface area contributed by atoms with Crippen molar-refractivity contribution in [3.05, 3.63) is 41.1 Å². The maximum absolute atomic E-state index is 11.9. The van der Waals surface area contributed by atoms with Gasteiger partial charge in [0.05, 0.1) is 12.7 Å². The van der Waals surface area contributed by atoms with Crippen LogP contribution in [0.4, 0.5) is 4.79 Å². The average molecular weight is 551 g/mol. The number of carbonyl (C=O) groups excluding carboxylic acids is 1. The summed E-state index contributed by atoms with van der Waals surface area (Å²) in [5, 5.41) is 36.1. The SMILES string of the molecule is Cc1c(Cc2ccc(OC(C)C)cc2)c(OC2O[C@H](COC(=O)OCC(C)C)[C@@H](O)[C@H](O)[C@H]2O)nn1C(C)C. The maximum Gasteiger partial charge on any atom is 0.508 e. The van der Waals surface area contributed by atoms with Crippen LogP contribution in [0.1, 0.15) is 64.4 Å². The molecule has 1 saturated heterocycles. The second-order valence-electron chi connectivity index (χ2n) is 10.8. The normalized spacial score (nSPS) is 23.4. The molecule has 0 bridgehead atoms. The predicted molar refractivity (Wildman–Crippen MR) is 142 cm³/mol. The van der Waals surface area contributed by atoms with Gasteiger partial charge in [0.15, 0.2) is 0 Å². The van der Waals surface area contributed by atoms with E-state index in [1.54, 1.807) is 0 Å². The van der Waals surface area contributed by atoms with Crippen molar-refractivity contribution in [1.29, 1.82) is 0 Å². The van der Waals surface area contributed by atoms with Crippen LogP contribution in [0.25, 0.3) is 0 Å². The molecular weight excluding hydrogens is 508 g/mol. The van der Waals surface area contributed by atoms with Crippen LogP contribution in [0.2, 0.25) is 0 Å². The number of rotatable bonds is 11. The molecule has 1 aliphatic heterocycles. The molecule has 0 spiro atoms. The summed E-state index contributed by atoms with van der Waals surface area (Å²) in [4.78, 5) is 11.9. The lowest BCUT2D eigenvalue weighted by molar-refractivity contribution is -0.278. The molecule has 39 heavy (non-hydrogen) atoms. The van der Waals surface area contributed by atoms with Gasteiger partial charge in [-0.25, -0.2) is 4.79 Å². The fraction of sp³-hybridized carbons (Fsp3) is 0.643. The van der Waals surface area contributed by atoms with E-state index in [2.05, 4.69) is 5.10 Å². The number of aliphatic hydroxyl groups excluding tert-OH is 3. The first-order valence-corrected chi connectivity index (χ1v) is 13.4. The number of aliphatic hydroxyl groups is 3. The number of ether oxygens (including phenoxy) is 5. The highest BCUT2D eigenvalue weighted by atomic mass is 16.7. The molecule has 0 radical (unpaired) electrons. The van der Waals surface area contributed by atoms with Crippen LogP contribution in [0, 0.1) is 12.8 Å². The number of benzene rings is 1. The smallest absolute Gasteiger partial charge is 0.491 e. The standard InChI is InChI=1S/C28H42N2O9/c1-15(2)13-35-28(34)36-14-22-23(31)24(32)25(33)27(38-22)39-26-21(18(7)30(29-26)16(3)4)12-19-8-10-20(11-9-19)37-17(5)6/h8-11,15-17,22-25,27,31-33H,12-14H2,1-7H3/t22-,23-,24+,25-,27?/m1/s1. The van der Waals surface area contributed by atoms with Crippen LogP contribution in [0.5, 0.6) is 11.6 Å². The van der Waals surface area contributed by atoms with Crippen molar-refractivity contribution >= 4 is 6.16 Å². The Bertz CT molecular complexity index is 1070. The van der Waals surface area contributed by atoms with Crippen molar-refractivity contribution in [2.24, 2.45) is 5.92 Å². The van der Waals surface area contributed by atoms with Crippen molar-refractivity contribution < 1.29 is 43.8 Å². The summed E-state index contributed by atoms with van der Waals surface area (Å²) in [6.07, 6.45) is -7.60. The maximum atomic E-state index is 11.9. The van der Waals surface area contributed by atoms with Crippen LogP contribution < -0.4 is 9.47 Å². The monoisotopic (exact) mass is 550 g/mol. The summed E-state index contributed by atoms with van der Waals surface area (Å²) in [5.74, 6) is 1.12. The van der Waals surface area contributed by atoms with E-state index in [4.69, 9.17) is 23.7 Å². The van der Waals surface area contributed by atoms with Gasteiger partial charge in [-0.05, 0) is 58.2 Å². The third-order valence-electron chi connectivity index (χ3n) is 6.20. The van der Waals surface area contributed by atoms with E-state index in [0.717, 1.165) is 22.6 Å². The van der Waals surface area contributed by atoms with Gasteiger partial charge in [0.2, 0.25) is 12.2 Å². The van der Waals surface area contributed by atoms with Crippen LogP contribution in [-0.4, -0.2) is 81.3 Å². The molecule has 0 amide bonds. The van der Waals surface area contributed by atoms with Crippen LogP contribution >= 0.6 is 0 Å². The Morgan fingerprint density at radius 1 is 1.00 bits per heavy atom. The molecule has 0 aliphatic carbocycles. The Labute approximate surface area is 229 Å². The second kappa shape index (κ2) is 13.5. The van der Waals surface area contributed by atoms with E-state index < -0.39 is 43.5 Å². The van der Waals surface area contributed by atoms with Gasteiger partial charge in [0, 0.05) is 23.7 Å². The first kappa shape index (κ1) is 30.7. The number of carbonyl (C=O) groups is 1. The quantitative estimate of drug-likeness (QED) is 0.357. The minimum atomic E-state index is -1.60. The molecule has 2 heterocycles. The van der Waals surface area contributed by atoms with E-state index in [9.17, 15) is 20.1 Å². The fourth-order valence-corrected chi connectivity index (χ4v) is 4.18. The molecule has 1 aliphatic rings. The largest absolute Gasteiger partial charge is 0.508 e. The molecule has 1 aromatic carbocycles. The zero-order valence-corrected chi connectivity index (χ0v) is 23.7. The van der Waals surface area contributed by atoms with Gasteiger partial charge in [-0.1, -0.05) is 26.0 Å². The lowest BCUT2D eigenvalue weighted by Crippen LogP contribution is -2.60. The Morgan fingerprint density at radius 3 is 2.26 bits per heavy atom. The van der Waals surface area contributed by atoms with Gasteiger partial charge in [-0.15, -0.1) is 5.10 Å². The number of aromatic nitrogens is 2. The van der Waals surface area contributed by atoms with E-state index in [1.165, 1.54) is 0 Å². The summed E-state index contributed by atoms with van der Waals surface area (Å²) in [7, 11) is 0. The first-order chi connectivity index (χ1) is 18.4. The predicted octanol–water partition coefficient (Wildman–Crippen LogP) is 3.15. The molecule has 11 heteroatoms. The van der Waals surface area contributed by atoms with E-state index >= 15 is 0 Å². The van der Waals surface area contributed by atoms with E-state index in [0.29, 0.717) is 6.42 Å². The lowest BCUT2D eigenvalue weighted by atomic mass is 9.99. The molecule has 3 rings (SSSR count). The molecule has 0 saturated carbocycles. The third kappa shape index (κ3) is 8.07. The van der Waals surface area contributed by atoms with Gasteiger partial charge < -0.3 is 39.0 Å². The van der Waals surface area contributed by atoms with Crippen molar-refractivity contribution in [2.75, 3.05) is 13.2 Å². The van der Waals surface area contributed by atoms with Crippen LogP contribution in [0.15, 0.2) is 24.3 Å². The Morgan fingerprint density at radius 2 is 1.67 bits per heavy atom. The number of nitrogens with zero attached hydrogens (tertiary/aromatic N) is 2. The van der Waals surface area contributed by atoms with Crippen molar-refractivity contribution in [1.82, 2.24) is 9.78 Å². The summed E-state index contributed by atoms with van der Waals surface area (Å²) in [6.45, 7) is 13.4. The molecule has 1 unspecified atom stereocenters. The fourth-order valence-electron chi connectivity index (χ4n) is 4.18. The number of hydrogen-bond acceptors (Lipinski definition) is 10. The molecule has 1 fully saturated rings. The summed E-state index contributed by atoms with van der Waals surface area (Å²) >= 11 is 0. The zero-order valence-electron chi connectivity index (χ0n) is 23.7. The highest BCUT2D eigenvalue weighted by molar-refractivity contribution is 5.59. The van der Waals surface area contributed by atoms with Gasteiger partial charge in [-0.3, -0.25) is 4.68 Å². The molecule has 2 aromatic rings. The molecular formula is C28H42N2O9. The van der Waals surface area contributed by atoms with Crippen molar-refractivity contribution in [3.8, 4) is 11.6 Å². The van der Waals surface area contributed by atoms with Gasteiger partial charge >= 0.3 is 6.16 Å². The minimum Gasteiger partial charge on any atom is -0.491 e. The topological polar surface area (TPSA) is 142 Å². The first-order valence-electron chi connectivity index (χ1n) is 13.4. The van der Waals surface area contributed by atoms with Gasteiger partial charge in [0.25, 0.3) is 0 Å². The van der Waals surface area contributed by atoms with Gasteiger partial charge in [-0.2, -0.15) is 0 Å². The third-order valence-corrected chi connectivity index (χ3v) is 6.20. The molecule has 1 aromatic heterocycles. The van der Waals surface area contributed by atoms with Gasteiger partial charge in [0.1, 0.15) is 36.8 Å². The van der Waals surface area contributed by atoms with E-state index in [-0.39, 0.29) is 30.6 Å². The highest BCUT2D eigenvalue weighted by Crippen LogP contribution is 2.31. The number of hydrogen-bond donors (Lipinski definition) is 3. The van der Waals surface area contributed by atoms with Crippen LogP contribution in [-0.2, 0) is 20.6 Å². The van der Waals surface area contributed by atoms with E-state index in [1.807, 2.05) is 77.4 Å². The molecule has 218 valence electrons. The van der Waals surface area contributed by atoms with Crippen LogP contribution in [0.3, 0.4) is 0 Å². The molecule has 5 atom stereocenters. The Kier molecular flexibility index (Phi) is 10.6. The summed E-state index contributed by atoms with van der Waals surface area (Å²) in [5.41, 5.74) is 2.65. The Hall–Kier alpha value is -2.86. The minimum absolute atomic E-state index is 0.0329. The van der Waals surface area contributed by atoms with Crippen molar-refractivity contribution in [2.45, 2.75) is 97.7 Å². The Balaban J connectivity index is 1.78. The molecule has 3 N–H and O–H groups in total. The summed E-state index contributed by atoms with van der Waals surface area (Å²) in [6, 6.07) is 7.77. The highest BCUT2D eigenvalue weighted by Gasteiger charge is 2.46. The summed E-state index contributed by atoms with van der Waals surface area (Å²) < 4.78 is 29.3. The zero-order chi connectivity index (χ0) is 28.9. The lowest BCUT2D eigenvalue weighted by Gasteiger charge is -2.39. The molecule has 11 nitrogen and oxygen atoms in total. The second-order valence-corrected chi connectivity index (χ2v) is 10.8. The van der Waals surface area contributed by atoms with Crippen molar-refractivity contribution in [3.63, 3.8) is 0 Å². The average Bonchev–Trinajstić information content (AvgIpc) is 3.18.